The highest BCUT2D eigenvalue weighted by molar-refractivity contribution is 5.94. The van der Waals surface area contributed by atoms with Gasteiger partial charge in [-0.05, 0) is 50.8 Å². The molecule has 1 saturated heterocycles. The maximum atomic E-state index is 13.1. The molecule has 1 aromatic carbocycles. The van der Waals surface area contributed by atoms with Gasteiger partial charge in [0.15, 0.2) is 0 Å². The first kappa shape index (κ1) is 17.5. The fourth-order valence-electron chi connectivity index (χ4n) is 3.39. The maximum Gasteiger partial charge on any atom is 0.254 e. The number of benzene rings is 1. The van der Waals surface area contributed by atoms with E-state index in [4.69, 9.17) is 0 Å². The summed E-state index contributed by atoms with van der Waals surface area (Å²) in [6, 6.07) is 14.1. The largest absolute Gasteiger partial charge is 0.367 e. The lowest BCUT2D eigenvalue weighted by molar-refractivity contribution is 0.0612. The predicted octanol–water partition coefficient (Wildman–Crippen LogP) is 4.66. The van der Waals surface area contributed by atoms with Gasteiger partial charge in [-0.2, -0.15) is 0 Å². The van der Waals surface area contributed by atoms with Gasteiger partial charge in [-0.3, -0.25) is 4.79 Å². The average molecular weight is 337 g/mol. The highest BCUT2D eigenvalue weighted by Gasteiger charge is 2.30. The van der Waals surface area contributed by atoms with Gasteiger partial charge in [0.2, 0.25) is 0 Å². The average Bonchev–Trinajstić information content (AvgIpc) is 2.68. The molecule has 1 fully saturated rings. The molecule has 132 valence electrons. The topological polar surface area (TPSA) is 45.2 Å². The second-order valence-electron chi connectivity index (χ2n) is 6.77. The number of rotatable bonds is 5. The molecule has 1 aliphatic rings. The lowest BCUT2D eigenvalue weighted by atomic mass is 9.94. The van der Waals surface area contributed by atoms with E-state index in [2.05, 4.69) is 30.2 Å². The number of carbonyl (C=O) groups excluding carboxylic acids is 1. The molecule has 4 heteroatoms. The minimum absolute atomic E-state index is 0.0849. The predicted molar refractivity (Wildman–Crippen MR) is 102 cm³/mol. The van der Waals surface area contributed by atoms with Crippen molar-refractivity contribution in [2.24, 2.45) is 0 Å². The van der Waals surface area contributed by atoms with Gasteiger partial charge in [-0.25, -0.2) is 4.98 Å². The Morgan fingerprint density at radius 3 is 2.80 bits per heavy atom. The van der Waals surface area contributed by atoms with Crippen molar-refractivity contribution in [1.29, 1.82) is 0 Å². The summed E-state index contributed by atoms with van der Waals surface area (Å²) in [5.74, 6) is 1.03. The number of anilines is 1. The van der Waals surface area contributed by atoms with E-state index >= 15 is 0 Å². The summed E-state index contributed by atoms with van der Waals surface area (Å²) in [5.41, 5.74) is 1.89. The van der Waals surface area contributed by atoms with Crippen molar-refractivity contribution in [3.8, 4) is 0 Å². The van der Waals surface area contributed by atoms with Crippen molar-refractivity contribution in [3.63, 3.8) is 0 Å². The highest BCUT2D eigenvalue weighted by Crippen LogP contribution is 2.35. The van der Waals surface area contributed by atoms with Gasteiger partial charge in [0, 0.05) is 29.9 Å². The fourth-order valence-corrected chi connectivity index (χ4v) is 3.39. The molecule has 2 heterocycles. The molecule has 1 aromatic heterocycles. The van der Waals surface area contributed by atoms with Gasteiger partial charge in [0.1, 0.15) is 5.82 Å². The first-order chi connectivity index (χ1) is 12.2. The van der Waals surface area contributed by atoms with E-state index in [9.17, 15) is 4.79 Å². The molecule has 0 unspecified atom stereocenters. The zero-order chi connectivity index (χ0) is 17.6. The van der Waals surface area contributed by atoms with Crippen LogP contribution < -0.4 is 5.32 Å². The Balaban J connectivity index is 1.90. The molecular weight excluding hydrogens is 310 g/mol. The minimum atomic E-state index is 0.0849. The number of piperidine rings is 1. The van der Waals surface area contributed by atoms with Crippen LogP contribution in [-0.2, 0) is 0 Å². The Morgan fingerprint density at radius 2 is 2.04 bits per heavy atom. The van der Waals surface area contributed by atoms with Crippen LogP contribution in [0, 0.1) is 0 Å². The summed E-state index contributed by atoms with van der Waals surface area (Å²) in [6.07, 6.45) is 6.04. The van der Waals surface area contributed by atoms with Crippen LogP contribution in [0.3, 0.4) is 0 Å². The molecular formula is C21H27N3O. The van der Waals surface area contributed by atoms with Crippen molar-refractivity contribution in [1.82, 2.24) is 9.88 Å². The van der Waals surface area contributed by atoms with E-state index in [1.54, 1.807) is 0 Å². The third-order valence-electron chi connectivity index (χ3n) is 4.98. The first-order valence-corrected chi connectivity index (χ1v) is 9.28. The Kier molecular flexibility index (Phi) is 5.69. The SMILES string of the molecule is CC[C@@H](C)Nc1ncccc1[C@@H]1CCCCN1C(=O)c1ccccc1. The lowest BCUT2D eigenvalue weighted by Gasteiger charge is -2.37. The van der Waals surface area contributed by atoms with Crippen LogP contribution in [0.4, 0.5) is 5.82 Å². The summed E-state index contributed by atoms with van der Waals surface area (Å²) in [5, 5.41) is 3.51. The third-order valence-corrected chi connectivity index (χ3v) is 4.98. The van der Waals surface area contributed by atoms with Gasteiger partial charge in [-0.15, -0.1) is 0 Å². The summed E-state index contributed by atoms with van der Waals surface area (Å²) in [6.45, 7) is 5.12. The van der Waals surface area contributed by atoms with E-state index in [0.29, 0.717) is 6.04 Å². The van der Waals surface area contributed by atoms with E-state index in [1.807, 2.05) is 47.5 Å². The monoisotopic (exact) mass is 337 g/mol. The van der Waals surface area contributed by atoms with E-state index in [-0.39, 0.29) is 11.9 Å². The minimum Gasteiger partial charge on any atom is -0.367 e. The van der Waals surface area contributed by atoms with Gasteiger partial charge < -0.3 is 10.2 Å². The lowest BCUT2D eigenvalue weighted by Crippen LogP contribution is -2.39. The maximum absolute atomic E-state index is 13.1. The molecule has 4 nitrogen and oxygen atoms in total. The van der Waals surface area contributed by atoms with Crippen molar-refractivity contribution < 1.29 is 4.79 Å². The number of hydrogen-bond donors (Lipinski definition) is 1. The number of likely N-dealkylation sites (tertiary alicyclic amines) is 1. The van der Waals surface area contributed by atoms with E-state index < -0.39 is 0 Å². The van der Waals surface area contributed by atoms with Crippen molar-refractivity contribution >= 4 is 11.7 Å². The Labute approximate surface area is 150 Å². The standard InChI is InChI=1S/C21H27N3O/c1-3-16(2)23-20-18(12-9-14-22-20)19-13-7-8-15-24(19)21(25)17-10-5-4-6-11-17/h4-6,9-12,14,16,19H,3,7-8,13,15H2,1-2H3,(H,22,23)/t16-,19+/m1/s1. The van der Waals surface area contributed by atoms with E-state index in [1.165, 1.54) is 0 Å². The van der Waals surface area contributed by atoms with Crippen LogP contribution in [0.5, 0.6) is 0 Å². The molecule has 0 bridgehead atoms. The molecule has 1 amide bonds. The molecule has 2 atom stereocenters. The second-order valence-corrected chi connectivity index (χ2v) is 6.77. The van der Waals surface area contributed by atoms with Crippen LogP contribution in [0.2, 0.25) is 0 Å². The first-order valence-electron chi connectivity index (χ1n) is 9.28. The normalized spacial score (nSPS) is 18.6. The fraction of sp³-hybridized carbons (Fsp3) is 0.429. The summed E-state index contributed by atoms with van der Waals surface area (Å²) >= 11 is 0. The number of amides is 1. The smallest absolute Gasteiger partial charge is 0.254 e. The van der Waals surface area contributed by atoms with Gasteiger partial charge in [0.05, 0.1) is 6.04 Å². The molecule has 0 aliphatic carbocycles. The number of nitrogens with one attached hydrogen (secondary N) is 1. The van der Waals surface area contributed by atoms with Crippen LogP contribution in [-0.4, -0.2) is 28.4 Å². The number of nitrogens with zero attached hydrogens (tertiary/aromatic N) is 2. The van der Waals surface area contributed by atoms with Crippen molar-refractivity contribution in [2.75, 3.05) is 11.9 Å². The van der Waals surface area contributed by atoms with Crippen molar-refractivity contribution in [3.05, 3.63) is 59.8 Å². The Morgan fingerprint density at radius 1 is 1.24 bits per heavy atom. The van der Waals surface area contributed by atoms with E-state index in [0.717, 1.165) is 49.2 Å². The van der Waals surface area contributed by atoms with Crippen LogP contribution in [0.1, 0.15) is 61.5 Å². The molecule has 1 aliphatic heterocycles. The Bertz CT molecular complexity index is 701. The number of aromatic nitrogens is 1. The Hall–Kier alpha value is -2.36. The zero-order valence-corrected chi connectivity index (χ0v) is 15.1. The highest BCUT2D eigenvalue weighted by atomic mass is 16.2. The molecule has 1 N–H and O–H groups in total. The zero-order valence-electron chi connectivity index (χ0n) is 15.1. The van der Waals surface area contributed by atoms with Crippen LogP contribution >= 0.6 is 0 Å². The van der Waals surface area contributed by atoms with Crippen molar-refractivity contribution in [2.45, 2.75) is 51.6 Å². The summed E-state index contributed by atoms with van der Waals surface area (Å²) in [4.78, 5) is 19.6. The summed E-state index contributed by atoms with van der Waals surface area (Å²) < 4.78 is 0. The molecule has 25 heavy (non-hydrogen) atoms. The molecule has 0 spiro atoms. The molecule has 0 radical (unpaired) electrons. The molecule has 2 aromatic rings. The number of carbonyl (C=O) groups is 1. The summed E-state index contributed by atoms with van der Waals surface area (Å²) in [7, 11) is 0. The third kappa shape index (κ3) is 4.01. The second kappa shape index (κ2) is 8.15. The number of hydrogen-bond acceptors (Lipinski definition) is 3. The van der Waals surface area contributed by atoms with Crippen LogP contribution in [0.15, 0.2) is 48.7 Å². The van der Waals surface area contributed by atoms with Gasteiger partial charge >= 0.3 is 0 Å². The van der Waals surface area contributed by atoms with Gasteiger partial charge in [0.25, 0.3) is 5.91 Å². The quantitative estimate of drug-likeness (QED) is 0.863. The molecule has 0 saturated carbocycles. The molecule has 3 rings (SSSR count). The van der Waals surface area contributed by atoms with Crippen LogP contribution in [0.25, 0.3) is 0 Å². The number of pyridine rings is 1. The van der Waals surface area contributed by atoms with Gasteiger partial charge in [-0.1, -0.05) is 31.2 Å².